The van der Waals surface area contributed by atoms with Crippen LogP contribution < -0.4 is 4.90 Å². The van der Waals surface area contributed by atoms with Gasteiger partial charge in [0.25, 0.3) is 5.91 Å². The molecule has 4 nitrogen and oxygen atoms in total. The van der Waals surface area contributed by atoms with Gasteiger partial charge >= 0.3 is 0 Å². The van der Waals surface area contributed by atoms with E-state index in [1.165, 1.54) is 0 Å². The molecule has 1 aliphatic heterocycles. The minimum absolute atomic E-state index is 0.0936. The molecule has 0 saturated carbocycles. The van der Waals surface area contributed by atoms with Crippen LogP contribution in [0.25, 0.3) is 10.2 Å². The lowest BCUT2D eigenvalue weighted by Crippen LogP contribution is -2.48. The first-order valence-electron chi connectivity index (χ1n) is 7.84. The Bertz CT molecular complexity index is 887. The van der Waals surface area contributed by atoms with Gasteiger partial charge in [-0.3, -0.25) is 4.79 Å². The molecule has 0 radical (unpaired) electrons. The highest BCUT2D eigenvalue weighted by molar-refractivity contribution is 7.16. The molecule has 1 aromatic heterocycles. The predicted octanol–water partition coefficient (Wildman–Crippen LogP) is 3.91. The molecule has 0 atom stereocenters. The highest BCUT2D eigenvalue weighted by Gasteiger charge is 2.22. The Labute approximate surface area is 149 Å². The van der Waals surface area contributed by atoms with Crippen LogP contribution in [-0.4, -0.2) is 42.0 Å². The van der Waals surface area contributed by atoms with Crippen molar-refractivity contribution in [2.45, 2.75) is 0 Å². The summed E-state index contributed by atoms with van der Waals surface area (Å²) in [4.78, 5) is 21.2. The Balaban J connectivity index is 1.46. The fraction of sp³-hybridized carbons (Fsp3) is 0.222. The Morgan fingerprint density at radius 1 is 1.08 bits per heavy atom. The number of piperazine rings is 1. The van der Waals surface area contributed by atoms with Crippen LogP contribution in [0, 0.1) is 0 Å². The van der Waals surface area contributed by atoms with Crippen LogP contribution in [0.5, 0.6) is 0 Å². The molecule has 0 unspecified atom stereocenters. The van der Waals surface area contributed by atoms with Crippen LogP contribution in [-0.2, 0) is 0 Å². The van der Waals surface area contributed by atoms with Crippen molar-refractivity contribution in [3.63, 3.8) is 0 Å². The first-order valence-corrected chi connectivity index (χ1v) is 9.09. The van der Waals surface area contributed by atoms with Crippen LogP contribution in [0.4, 0.5) is 5.69 Å². The summed E-state index contributed by atoms with van der Waals surface area (Å²) in [5, 5.41) is 0.740. The first-order chi connectivity index (χ1) is 11.7. The summed E-state index contributed by atoms with van der Waals surface area (Å²) in [5.74, 6) is 0.0936. The number of fused-ring (bicyclic) bond motifs is 1. The smallest absolute Gasteiger partial charge is 0.254 e. The summed E-state index contributed by atoms with van der Waals surface area (Å²) >= 11 is 7.63. The zero-order chi connectivity index (χ0) is 16.5. The average molecular weight is 358 g/mol. The summed E-state index contributed by atoms with van der Waals surface area (Å²) < 4.78 is 1.05. The van der Waals surface area contributed by atoms with Gasteiger partial charge in [0.2, 0.25) is 0 Å². The van der Waals surface area contributed by atoms with Crippen molar-refractivity contribution in [3.05, 3.63) is 58.6 Å². The van der Waals surface area contributed by atoms with Gasteiger partial charge in [-0.15, -0.1) is 11.3 Å². The molecule has 2 heterocycles. The molecule has 3 aromatic rings. The Kier molecular flexibility index (Phi) is 4.12. The SMILES string of the molecule is O=C(c1ccc2ncsc2c1)N1CCN(c2cccc(Cl)c2)CC1. The standard InChI is InChI=1S/C18H16ClN3OS/c19-14-2-1-3-15(11-14)21-6-8-22(9-7-21)18(23)13-4-5-16-17(10-13)24-12-20-16/h1-5,10-12H,6-9H2. The van der Waals surface area contributed by atoms with Crippen molar-refractivity contribution in [1.29, 1.82) is 0 Å². The van der Waals surface area contributed by atoms with Gasteiger partial charge in [-0.2, -0.15) is 0 Å². The maximum absolute atomic E-state index is 12.7. The molecule has 4 rings (SSSR count). The molecule has 0 bridgehead atoms. The second-order valence-corrected chi connectivity index (χ2v) is 7.12. The minimum atomic E-state index is 0.0936. The second-order valence-electron chi connectivity index (χ2n) is 5.79. The molecule has 6 heteroatoms. The Morgan fingerprint density at radius 2 is 1.92 bits per heavy atom. The summed E-state index contributed by atoms with van der Waals surface area (Å²) in [7, 11) is 0. The van der Waals surface area contributed by atoms with Crippen LogP contribution in [0.15, 0.2) is 48.0 Å². The highest BCUT2D eigenvalue weighted by Crippen LogP contribution is 2.23. The summed E-state index contributed by atoms with van der Waals surface area (Å²) in [5.41, 5.74) is 4.61. The average Bonchev–Trinajstić information content (AvgIpc) is 3.09. The number of hydrogen-bond donors (Lipinski definition) is 0. The molecule has 0 spiro atoms. The van der Waals surface area contributed by atoms with E-state index in [4.69, 9.17) is 11.6 Å². The van der Waals surface area contributed by atoms with Crippen molar-refractivity contribution in [2.75, 3.05) is 31.1 Å². The van der Waals surface area contributed by atoms with E-state index < -0.39 is 0 Å². The van der Waals surface area contributed by atoms with E-state index in [0.29, 0.717) is 13.1 Å². The maximum atomic E-state index is 12.7. The number of rotatable bonds is 2. The number of carbonyl (C=O) groups excluding carboxylic acids is 1. The van der Waals surface area contributed by atoms with Crippen LogP contribution in [0.3, 0.4) is 0 Å². The van der Waals surface area contributed by atoms with Crippen molar-refractivity contribution < 1.29 is 4.79 Å². The van der Waals surface area contributed by atoms with E-state index in [0.717, 1.165) is 39.6 Å². The topological polar surface area (TPSA) is 36.4 Å². The number of halogens is 1. The third-order valence-electron chi connectivity index (χ3n) is 4.32. The number of benzene rings is 2. The van der Waals surface area contributed by atoms with Crippen molar-refractivity contribution in [3.8, 4) is 0 Å². The minimum Gasteiger partial charge on any atom is -0.368 e. The van der Waals surface area contributed by atoms with Crippen LogP contribution in [0.2, 0.25) is 5.02 Å². The second kappa shape index (κ2) is 6.42. The normalized spacial score (nSPS) is 15.0. The monoisotopic (exact) mass is 357 g/mol. The van der Waals surface area contributed by atoms with E-state index in [1.807, 2.05) is 46.8 Å². The molecule has 2 aromatic carbocycles. The summed E-state index contributed by atoms with van der Waals surface area (Å²) in [6.07, 6.45) is 0. The molecular weight excluding hydrogens is 342 g/mol. The largest absolute Gasteiger partial charge is 0.368 e. The number of anilines is 1. The van der Waals surface area contributed by atoms with E-state index in [1.54, 1.807) is 11.3 Å². The highest BCUT2D eigenvalue weighted by atomic mass is 35.5. The quantitative estimate of drug-likeness (QED) is 0.697. The molecule has 24 heavy (non-hydrogen) atoms. The van der Waals surface area contributed by atoms with Crippen molar-refractivity contribution >= 4 is 44.7 Å². The Morgan fingerprint density at radius 3 is 2.71 bits per heavy atom. The molecular formula is C18H16ClN3OS. The maximum Gasteiger partial charge on any atom is 0.254 e. The summed E-state index contributed by atoms with van der Waals surface area (Å²) in [6.45, 7) is 3.06. The van der Waals surface area contributed by atoms with Crippen LogP contribution in [0.1, 0.15) is 10.4 Å². The summed E-state index contributed by atoms with van der Waals surface area (Å²) in [6, 6.07) is 13.6. The Hall–Kier alpha value is -2.11. The van der Waals surface area contributed by atoms with Gasteiger partial charge < -0.3 is 9.80 Å². The van der Waals surface area contributed by atoms with Crippen molar-refractivity contribution in [2.24, 2.45) is 0 Å². The molecule has 0 N–H and O–H groups in total. The molecule has 1 fully saturated rings. The van der Waals surface area contributed by atoms with E-state index in [-0.39, 0.29) is 5.91 Å². The van der Waals surface area contributed by atoms with E-state index in [2.05, 4.69) is 16.0 Å². The number of amides is 1. The number of carbonyl (C=O) groups is 1. The zero-order valence-electron chi connectivity index (χ0n) is 13.0. The van der Waals surface area contributed by atoms with Crippen LogP contribution >= 0.6 is 22.9 Å². The fourth-order valence-electron chi connectivity index (χ4n) is 3.01. The van der Waals surface area contributed by atoms with E-state index >= 15 is 0 Å². The van der Waals surface area contributed by atoms with Gasteiger partial charge in [-0.1, -0.05) is 17.7 Å². The molecule has 1 aliphatic rings. The zero-order valence-corrected chi connectivity index (χ0v) is 14.6. The number of nitrogens with zero attached hydrogens (tertiary/aromatic N) is 3. The lowest BCUT2D eigenvalue weighted by atomic mass is 10.1. The lowest BCUT2D eigenvalue weighted by Gasteiger charge is -2.36. The van der Waals surface area contributed by atoms with Gasteiger partial charge in [0.15, 0.2) is 0 Å². The number of aromatic nitrogens is 1. The molecule has 1 saturated heterocycles. The van der Waals surface area contributed by atoms with E-state index in [9.17, 15) is 4.79 Å². The van der Waals surface area contributed by atoms with Crippen molar-refractivity contribution in [1.82, 2.24) is 9.88 Å². The fourth-order valence-corrected chi connectivity index (χ4v) is 3.91. The molecule has 1 amide bonds. The van der Waals surface area contributed by atoms with Gasteiger partial charge in [0.1, 0.15) is 0 Å². The molecule has 122 valence electrons. The number of hydrogen-bond acceptors (Lipinski definition) is 4. The predicted molar refractivity (Wildman–Crippen MR) is 99.2 cm³/mol. The van der Waals surface area contributed by atoms with Gasteiger partial charge in [0.05, 0.1) is 15.7 Å². The van der Waals surface area contributed by atoms with Gasteiger partial charge in [-0.25, -0.2) is 4.98 Å². The third-order valence-corrected chi connectivity index (χ3v) is 5.35. The number of thiazole rings is 1. The molecule has 0 aliphatic carbocycles. The third kappa shape index (κ3) is 2.97. The first kappa shape index (κ1) is 15.4. The van der Waals surface area contributed by atoms with Gasteiger partial charge in [0, 0.05) is 42.5 Å². The van der Waals surface area contributed by atoms with Gasteiger partial charge in [-0.05, 0) is 36.4 Å². The lowest BCUT2D eigenvalue weighted by molar-refractivity contribution is 0.0747.